The Kier molecular flexibility index (Phi) is 14.4. The summed E-state index contributed by atoms with van der Waals surface area (Å²) in [7, 11) is 0. The smallest absolute Gasteiger partial charge is 0.221 e. The first-order valence-corrected chi connectivity index (χ1v) is 9.61. The van der Waals surface area contributed by atoms with Crippen LogP contribution in [0.5, 0.6) is 0 Å². The summed E-state index contributed by atoms with van der Waals surface area (Å²) >= 11 is 0. The molecule has 0 saturated carbocycles. The number of rotatable bonds is 13. The topological polar surface area (TPSA) is 68.8 Å². The summed E-state index contributed by atoms with van der Waals surface area (Å²) in [5.74, 6) is 0.875. The van der Waals surface area contributed by atoms with Gasteiger partial charge in [0.25, 0.3) is 0 Å². The van der Waals surface area contributed by atoms with Crippen molar-refractivity contribution in [1.82, 2.24) is 20.9 Å². The fourth-order valence-electron chi connectivity index (χ4n) is 2.41. The second kappa shape index (κ2) is 15.2. The number of carbonyl (C=O) groups is 1. The van der Waals surface area contributed by atoms with Crippen LogP contribution in [-0.2, 0) is 4.79 Å². The summed E-state index contributed by atoms with van der Waals surface area (Å²) in [4.78, 5) is 18.5. The molecule has 142 valence electrons. The second-order valence-corrected chi connectivity index (χ2v) is 6.08. The molecule has 0 aliphatic rings. The number of aliphatic imine (C=N–C) groups is 1. The SMILES string of the molecule is CCCNC(=O)CCN=C(NCC)NC(C)CCCN(CC)CC. The van der Waals surface area contributed by atoms with Crippen LogP contribution in [0.3, 0.4) is 0 Å². The molecule has 0 spiro atoms. The van der Waals surface area contributed by atoms with Crippen LogP contribution >= 0.6 is 0 Å². The number of guanidine groups is 1. The van der Waals surface area contributed by atoms with E-state index in [2.05, 4.69) is 53.5 Å². The molecule has 0 heterocycles. The molecule has 0 aromatic heterocycles. The third-order valence-corrected chi connectivity index (χ3v) is 3.91. The predicted octanol–water partition coefficient (Wildman–Crippen LogP) is 1.97. The molecule has 0 aliphatic carbocycles. The van der Waals surface area contributed by atoms with Crippen LogP contribution in [0, 0.1) is 0 Å². The van der Waals surface area contributed by atoms with Crippen molar-refractivity contribution in [3.63, 3.8) is 0 Å². The van der Waals surface area contributed by atoms with E-state index < -0.39 is 0 Å². The van der Waals surface area contributed by atoms with E-state index in [1.807, 2.05) is 6.92 Å². The largest absolute Gasteiger partial charge is 0.357 e. The summed E-state index contributed by atoms with van der Waals surface area (Å²) in [6, 6.07) is 0.368. The van der Waals surface area contributed by atoms with Crippen LogP contribution < -0.4 is 16.0 Å². The zero-order valence-corrected chi connectivity index (χ0v) is 16.5. The predicted molar refractivity (Wildman–Crippen MR) is 104 cm³/mol. The minimum atomic E-state index is 0.0729. The van der Waals surface area contributed by atoms with E-state index in [-0.39, 0.29) is 5.91 Å². The Morgan fingerprint density at radius 1 is 1.12 bits per heavy atom. The zero-order valence-electron chi connectivity index (χ0n) is 16.5. The van der Waals surface area contributed by atoms with Crippen molar-refractivity contribution in [3.8, 4) is 0 Å². The van der Waals surface area contributed by atoms with Crippen molar-refractivity contribution in [3.05, 3.63) is 0 Å². The average Bonchev–Trinajstić information content (AvgIpc) is 2.57. The lowest BCUT2D eigenvalue weighted by atomic mass is 10.2. The second-order valence-electron chi connectivity index (χ2n) is 6.08. The molecular formula is C18H39N5O. The zero-order chi connectivity index (χ0) is 18.2. The molecule has 6 nitrogen and oxygen atoms in total. The fourth-order valence-corrected chi connectivity index (χ4v) is 2.41. The van der Waals surface area contributed by atoms with Crippen molar-refractivity contribution < 1.29 is 4.79 Å². The molecule has 0 bridgehead atoms. The van der Waals surface area contributed by atoms with Gasteiger partial charge in [0.2, 0.25) is 5.91 Å². The maximum absolute atomic E-state index is 11.6. The van der Waals surface area contributed by atoms with Gasteiger partial charge in [0.1, 0.15) is 0 Å². The molecule has 3 N–H and O–H groups in total. The van der Waals surface area contributed by atoms with Gasteiger partial charge in [-0.15, -0.1) is 0 Å². The summed E-state index contributed by atoms with van der Waals surface area (Å²) in [6.07, 6.45) is 3.68. The Morgan fingerprint density at radius 3 is 2.42 bits per heavy atom. The molecule has 0 rings (SSSR count). The Labute approximate surface area is 148 Å². The molecule has 1 atom stereocenters. The maximum atomic E-state index is 11.6. The van der Waals surface area contributed by atoms with Gasteiger partial charge in [0.05, 0.1) is 6.54 Å². The van der Waals surface area contributed by atoms with Gasteiger partial charge in [-0.2, -0.15) is 0 Å². The number of hydrogen-bond donors (Lipinski definition) is 3. The molecule has 0 fully saturated rings. The van der Waals surface area contributed by atoms with E-state index >= 15 is 0 Å². The number of hydrogen-bond acceptors (Lipinski definition) is 3. The maximum Gasteiger partial charge on any atom is 0.221 e. The van der Waals surface area contributed by atoms with E-state index in [9.17, 15) is 4.79 Å². The standard InChI is InChI=1S/C18H39N5O/c1-6-13-20-17(24)12-14-21-18(19-7-2)22-16(5)11-10-15-23(8-3)9-4/h16H,6-15H2,1-5H3,(H,20,24)(H2,19,21,22). The summed E-state index contributed by atoms with van der Waals surface area (Å²) in [5, 5.41) is 9.56. The number of nitrogens with one attached hydrogen (secondary N) is 3. The molecule has 1 unspecified atom stereocenters. The molecular weight excluding hydrogens is 302 g/mol. The summed E-state index contributed by atoms with van der Waals surface area (Å²) in [5.41, 5.74) is 0. The highest BCUT2D eigenvalue weighted by Crippen LogP contribution is 1.99. The van der Waals surface area contributed by atoms with Gasteiger partial charge in [0.15, 0.2) is 5.96 Å². The van der Waals surface area contributed by atoms with Crippen LogP contribution in [0.25, 0.3) is 0 Å². The van der Waals surface area contributed by atoms with Gasteiger partial charge in [-0.05, 0) is 52.7 Å². The van der Waals surface area contributed by atoms with E-state index in [1.54, 1.807) is 0 Å². The molecule has 6 heteroatoms. The Bertz CT molecular complexity index is 342. The van der Waals surface area contributed by atoms with Gasteiger partial charge >= 0.3 is 0 Å². The lowest BCUT2D eigenvalue weighted by Gasteiger charge is -2.21. The van der Waals surface area contributed by atoms with Crippen LogP contribution in [0.2, 0.25) is 0 Å². The van der Waals surface area contributed by atoms with E-state index in [4.69, 9.17) is 0 Å². The van der Waals surface area contributed by atoms with Gasteiger partial charge in [-0.3, -0.25) is 9.79 Å². The van der Waals surface area contributed by atoms with Crippen LogP contribution in [-0.4, -0.2) is 62.1 Å². The molecule has 0 aromatic carbocycles. The minimum Gasteiger partial charge on any atom is -0.357 e. The number of amides is 1. The summed E-state index contributed by atoms with van der Waals surface area (Å²) in [6.45, 7) is 16.1. The normalized spacial score (nSPS) is 13.0. The molecule has 0 saturated heterocycles. The molecule has 1 amide bonds. The number of carbonyl (C=O) groups excluding carboxylic acids is 1. The Morgan fingerprint density at radius 2 is 1.83 bits per heavy atom. The van der Waals surface area contributed by atoms with Crippen molar-refractivity contribution in [2.75, 3.05) is 39.3 Å². The third kappa shape index (κ3) is 12.2. The van der Waals surface area contributed by atoms with Gasteiger partial charge in [-0.25, -0.2) is 0 Å². The first kappa shape index (κ1) is 22.7. The highest BCUT2D eigenvalue weighted by molar-refractivity contribution is 5.81. The minimum absolute atomic E-state index is 0.0729. The lowest BCUT2D eigenvalue weighted by Crippen LogP contribution is -2.42. The molecule has 0 aliphatic heterocycles. The third-order valence-electron chi connectivity index (χ3n) is 3.91. The highest BCUT2D eigenvalue weighted by Gasteiger charge is 2.07. The molecule has 24 heavy (non-hydrogen) atoms. The van der Waals surface area contributed by atoms with Gasteiger partial charge in [-0.1, -0.05) is 20.8 Å². The quantitative estimate of drug-likeness (QED) is 0.354. The fraction of sp³-hybridized carbons (Fsp3) is 0.889. The van der Waals surface area contributed by atoms with Crippen molar-refractivity contribution in [2.45, 2.75) is 66.3 Å². The Hall–Kier alpha value is -1.30. The van der Waals surface area contributed by atoms with Crippen molar-refractivity contribution >= 4 is 11.9 Å². The van der Waals surface area contributed by atoms with Gasteiger partial charge in [0, 0.05) is 25.6 Å². The van der Waals surface area contributed by atoms with Crippen LogP contribution in [0.4, 0.5) is 0 Å². The Balaban J connectivity index is 4.15. The van der Waals surface area contributed by atoms with Crippen molar-refractivity contribution in [2.24, 2.45) is 4.99 Å². The van der Waals surface area contributed by atoms with Gasteiger partial charge < -0.3 is 20.9 Å². The van der Waals surface area contributed by atoms with E-state index in [0.29, 0.717) is 19.0 Å². The number of nitrogens with zero attached hydrogens (tertiary/aromatic N) is 2. The molecule has 0 radical (unpaired) electrons. The van der Waals surface area contributed by atoms with E-state index in [1.165, 1.54) is 6.42 Å². The van der Waals surface area contributed by atoms with Crippen LogP contribution in [0.15, 0.2) is 4.99 Å². The summed E-state index contributed by atoms with van der Waals surface area (Å²) < 4.78 is 0. The monoisotopic (exact) mass is 341 g/mol. The van der Waals surface area contributed by atoms with Crippen LogP contribution in [0.1, 0.15) is 60.3 Å². The molecule has 0 aromatic rings. The lowest BCUT2D eigenvalue weighted by molar-refractivity contribution is -0.120. The first-order chi connectivity index (χ1) is 11.6. The first-order valence-electron chi connectivity index (χ1n) is 9.61. The van der Waals surface area contributed by atoms with E-state index in [0.717, 1.165) is 51.5 Å². The van der Waals surface area contributed by atoms with Crippen molar-refractivity contribution in [1.29, 1.82) is 0 Å². The highest BCUT2D eigenvalue weighted by atomic mass is 16.1. The average molecular weight is 342 g/mol.